The third-order valence-corrected chi connectivity index (χ3v) is 3.77. The van der Waals surface area contributed by atoms with Crippen molar-refractivity contribution in [2.24, 2.45) is 0 Å². The van der Waals surface area contributed by atoms with Gasteiger partial charge in [0, 0.05) is 6.54 Å². The maximum absolute atomic E-state index is 13.1. The molecule has 0 saturated carbocycles. The lowest BCUT2D eigenvalue weighted by atomic mass is 10.2. The number of carbonyl (C=O) groups is 1. The van der Waals surface area contributed by atoms with Crippen LogP contribution in [-0.2, 0) is 6.54 Å². The highest BCUT2D eigenvalue weighted by Crippen LogP contribution is 2.08. The molecule has 7 nitrogen and oxygen atoms in total. The second kappa shape index (κ2) is 7.22. The minimum atomic E-state index is -1.38. The standard InChI is InChI=1S/C16H18FN3O4/c1-3-19(4-2)9-12-13(15(22)23)18-16(24)20(14(12)21)11-7-5-10(17)6-8-11/h5-8H,3-4,9H2,1-2H3,(H,18,24)(H,22,23). The van der Waals surface area contributed by atoms with Crippen molar-refractivity contribution in [2.45, 2.75) is 20.4 Å². The number of hydrogen-bond acceptors (Lipinski definition) is 4. The molecule has 2 aromatic rings. The number of aromatic carboxylic acids is 1. The fourth-order valence-electron chi connectivity index (χ4n) is 2.40. The molecule has 1 heterocycles. The van der Waals surface area contributed by atoms with Crippen molar-refractivity contribution in [1.82, 2.24) is 14.5 Å². The zero-order valence-corrected chi connectivity index (χ0v) is 13.4. The van der Waals surface area contributed by atoms with Crippen LogP contribution in [0.1, 0.15) is 29.9 Å². The third kappa shape index (κ3) is 3.43. The Hall–Kier alpha value is -2.74. The molecule has 0 saturated heterocycles. The molecule has 1 aromatic carbocycles. The van der Waals surface area contributed by atoms with Crippen LogP contribution in [0.15, 0.2) is 33.9 Å². The van der Waals surface area contributed by atoms with Gasteiger partial charge in [-0.2, -0.15) is 0 Å². The summed E-state index contributed by atoms with van der Waals surface area (Å²) in [5, 5.41) is 9.28. The normalized spacial score (nSPS) is 11.0. The average Bonchev–Trinajstić information content (AvgIpc) is 2.55. The number of H-pyrrole nitrogens is 1. The summed E-state index contributed by atoms with van der Waals surface area (Å²) in [7, 11) is 0. The van der Waals surface area contributed by atoms with Gasteiger partial charge < -0.3 is 10.1 Å². The van der Waals surface area contributed by atoms with Crippen LogP contribution < -0.4 is 11.2 Å². The minimum Gasteiger partial charge on any atom is -0.477 e. The van der Waals surface area contributed by atoms with Crippen molar-refractivity contribution >= 4 is 5.97 Å². The Labute approximate surface area is 137 Å². The van der Waals surface area contributed by atoms with E-state index in [0.717, 1.165) is 16.7 Å². The van der Waals surface area contributed by atoms with Crippen molar-refractivity contribution in [1.29, 1.82) is 0 Å². The topological polar surface area (TPSA) is 95.4 Å². The molecule has 8 heteroatoms. The van der Waals surface area contributed by atoms with Crippen molar-refractivity contribution in [2.75, 3.05) is 13.1 Å². The predicted molar refractivity (Wildman–Crippen MR) is 86.2 cm³/mol. The van der Waals surface area contributed by atoms with Crippen LogP contribution in [0.2, 0.25) is 0 Å². The van der Waals surface area contributed by atoms with Crippen LogP contribution in [-0.4, -0.2) is 38.6 Å². The molecule has 0 fully saturated rings. The van der Waals surface area contributed by atoms with E-state index in [2.05, 4.69) is 4.98 Å². The van der Waals surface area contributed by atoms with Gasteiger partial charge in [0.15, 0.2) is 0 Å². The molecule has 0 amide bonds. The van der Waals surface area contributed by atoms with E-state index < -0.39 is 28.7 Å². The highest BCUT2D eigenvalue weighted by atomic mass is 19.1. The van der Waals surface area contributed by atoms with Gasteiger partial charge in [-0.3, -0.25) is 9.69 Å². The van der Waals surface area contributed by atoms with Gasteiger partial charge in [0.2, 0.25) is 0 Å². The number of carboxylic acid groups (broad SMARTS) is 1. The van der Waals surface area contributed by atoms with E-state index in [1.807, 2.05) is 18.7 Å². The lowest BCUT2D eigenvalue weighted by Gasteiger charge is -2.19. The van der Waals surface area contributed by atoms with E-state index in [4.69, 9.17) is 0 Å². The Morgan fingerprint density at radius 3 is 2.29 bits per heavy atom. The first kappa shape index (κ1) is 17.6. The molecule has 0 aliphatic heterocycles. The zero-order chi connectivity index (χ0) is 17.9. The third-order valence-electron chi connectivity index (χ3n) is 3.77. The highest BCUT2D eigenvalue weighted by Gasteiger charge is 2.21. The van der Waals surface area contributed by atoms with E-state index in [1.165, 1.54) is 12.1 Å². The zero-order valence-electron chi connectivity index (χ0n) is 13.4. The molecule has 0 radical (unpaired) electrons. The smallest absolute Gasteiger partial charge is 0.352 e. The molecule has 0 bridgehead atoms. The van der Waals surface area contributed by atoms with Crippen LogP contribution in [0.4, 0.5) is 4.39 Å². The molecule has 0 atom stereocenters. The van der Waals surface area contributed by atoms with Gasteiger partial charge in [0.25, 0.3) is 5.56 Å². The number of rotatable bonds is 6. The monoisotopic (exact) mass is 335 g/mol. The number of nitrogens with one attached hydrogen (secondary N) is 1. The Morgan fingerprint density at radius 1 is 1.21 bits per heavy atom. The summed E-state index contributed by atoms with van der Waals surface area (Å²) in [6.45, 7) is 5.09. The second-order valence-corrected chi connectivity index (χ2v) is 5.17. The first-order valence-electron chi connectivity index (χ1n) is 7.48. The molecule has 128 valence electrons. The molecular weight excluding hydrogens is 317 g/mol. The number of nitrogens with zero attached hydrogens (tertiary/aromatic N) is 2. The quantitative estimate of drug-likeness (QED) is 0.827. The van der Waals surface area contributed by atoms with E-state index in [1.54, 1.807) is 0 Å². The van der Waals surface area contributed by atoms with Crippen LogP contribution in [0.3, 0.4) is 0 Å². The number of halogens is 1. The Morgan fingerprint density at radius 2 is 1.79 bits per heavy atom. The minimum absolute atomic E-state index is 0.0184. The lowest BCUT2D eigenvalue weighted by molar-refractivity contribution is 0.0686. The largest absolute Gasteiger partial charge is 0.477 e. The molecule has 2 N–H and O–H groups in total. The molecule has 1 aromatic heterocycles. The van der Waals surface area contributed by atoms with Gasteiger partial charge in [0.1, 0.15) is 11.5 Å². The SMILES string of the molecule is CCN(CC)Cc1c(C(=O)O)[nH]c(=O)n(-c2ccc(F)cc2)c1=O. The number of hydrogen-bond donors (Lipinski definition) is 2. The Balaban J connectivity index is 2.70. The maximum atomic E-state index is 13.1. The van der Waals surface area contributed by atoms with E-state index >= 15 is 0 Å². The van der Waals surface area contributed by atoms with Crippen molar-refractivity contribution in [3.63, 3.8) is 0 Å². The highest BCUT2D eigenvalue weighted by molar-refractivity contribution is 5.86. The number of aromatic amines is 1. The summed E-state index contributed by atoms with van der Waals surface area (Å²) in [6, 6.07) is 4.81. The first-order chi connectivity index (χ1) is 11.4. The van der Waals surface area contributed by atoms with Gasteiger partial charge in [-0.25, -0.2) is 18.5 Å². The summed E-state index contributed by atoms with van der Waals surface area (Å²) < 4.78 is 13.9. The number of aromatic nitrogens is 2. The Bertz CT molecular complexity index is 851. The summed E-state index contributed by atoms with van der Waals surface area (Å²) in [5.74, 6) is -1.88. The average molecular weight is 335 g/mol. The van der Waals surface area contributed by atoms with Crippen molar-refractivity contribution < 1.29 is 14.3 Å². The van der Waals surface area contributed by atoms with Crippen LogP contribution in [0, 0.1) is 5.82 Å². The van der Waals surface area contributed by atoms with Crippen LogP contribution in [0.5, 0.6) is 0 Å². The van der Waals surface area contributed by atoms with Gasteiger partial charge >= 0.3 is 11.7 Å². The lowest BCUT2D eigenvalue weighted by Crippen LogP contribution is -2.40. The fraction of sp³-hybridized carbons (Fsp3) is 0.312. The van der Waals surface area contributed by atoms with Crippen LogP contribution >= 0.6 is 0 Å². The summed E-state index contributed by atoms with van der Waals surface area (Å²) in [4.78, 5) is 40.4. The second-order valence-electron chi connectivity index (χ2n) is 5.17. The van der Waals surface area contributed by atoms with Gasteiger partial charge in [-0.15, -0.1) is 0 Å². The molecule has 0 aliphatic carbocycles. The fourth-order valence-corrected chi connectivity index (χ4v) is 2.40. The van der Waals surface area contributed by atoms with Gasteiger partial charge in [0.05, 0.1) is 11.3 Å². The van der Waals surface area contributed by atoms with Crippen LogP contribution in [0.25, 0.3) is 5.69 Å². The van der Waals surface area contributed by atoms with Crippen molar-refractivity contribution in [3.8, 4) is 5.69 Å². The van der Waals surface area contributed by atoms with Gasteiger partial charge in [-0.05, 0) is 37.4 Å². The summed E-state index contributed by atoms with van der Waals surface area (Å²) in [5.41, 5.74) is -1.88. The van der Waals surface area contributed by atoms with Crippen molar-refractivity contribution in [3.05, 3.63) is 62.2 Å². The van der Waals surface area contributed by atoms with Gasteiger partial charge in [-0.1, -0.05) is 13.8 Å². The first-order valence-corrected chi connectivity index (χ1v) is 7.48. The van der Waals surface area contributed by atoms with E-state index in [-0.39, 0.29) is 17.8 Å². The molecular formula is C16H18FN3O4. The summed E-state index contributed by atoms with van der Waals surface area (Å²) in [6.07, 6.45) is 0. The molecule has 0 aliphatic rings. The Kier molecular flexibility index (Phi) is 5.30. The number of carboxylic acids is 1. The molecule has 0 unspecified atom stereocenters. The molecule has 2 rings (SSSR count). The predicted octanol–water partition coefficient (Wildman–Crippen LogP) is 1.20. The van der Waals surface area contributed by atoms with E-state index in [9.17, 15) is 23.9 Å². The molecule has 0 spiro atoms. The van der Waals surface area contributed by atoms with E-state index in [0.29, 0.717) is 13.1 Å². The molecule has 24 heavy (non-hydrogen) atoms. The summed E-state index contributed by atoms with van der Waals surface area (Å²) >= 11 is 0. The number of benzene rings is 1. The maximum Gasteiger partial charge on any atom is 0.352 e.